The number of amides is 1. The van der Waals surface area contributed by atoms with E-state index in [1.54, 1.807) is 12.4 Å². The number of anilines is 3. The smallest absolute Gasteiger partial charge is 0.275 e. The zero-order valence-corrected chi connectivity index (χ0v) is 15.9. The summed E-state index contributed by atoms with van der Waals surface area (Å²) in [5, 5.41) is 2.91. The Morgan fingerprint density at radius 1 is 0.963 bits per heavy atom. The number of hydrogen-bond acceptors (Lipinski definition) is 5. The molecule has 0 radical (unpaired) electrons. The van der Waals surface area contributed by atoms with E-state index in [4.69, 9.17) is 0 Å². The van der Waals surface area contributed by atoms with Crippen LogP contribution < -0.4 is 15.1 Å². The summed E-state index contributed by atoms with van der Waals surface area (Å²) in [5.41, 5.74) is 2.33. The Kier molecular flexibility index (Phi) is 5.23. The first-order chi connectivity index (χ1) is 13.2. The Balaban J connectivity index is 1.36. The number of rotatable bonds is 4. The quantitative estimate of drug-likeness (QED) is 0.898. The third-order valence-electron chi connectivity index (χ3n) is 5.57. The van der Waals surface area contributed by atoms with Crippen molar-refractivity contribution in [1.82, 2.24) is 9.97 Å². The number of nitrogens with zero attached hydrogens (tertiary/aromatic N) is 4. The van der Waals surface area contributed by atoms with Gasteiger partial charge in [-0.05, 0) is 55.9 Å². The summed E-state index contributed by atoms with van der Waals surface area (Å²) in [7, 11) is 0. The summed E-state index contributed by atoms with van der Waals surface area (Å²) in [6, 6.07) is 8.07. The molecule has 3 heterocycles. The van der Waals surface area contributed by atoms with Crippen molar-refractivity contribution < 1.29 is 4.79 Å². The van der Waals surface area contributed by atoms with E-state index >= 15 is 0 Å². The van der Waals surface area contributed by atoms with E-state index in [1.807, 2.05) is 12.1 Å². The molecule has 1 amide bonds. The van der Waals surface area contributed by atoms with Gasteiger partial charge in [-0.15, -0.1) is 0 Å². The molecular formula is C21H27N5O. The molecule has 2 aliphatic heterocycles. The maximum atomic E-state index is 12.4. The minimum Gasteiger partial charge on any atom is -0.372 e. The highest BCUT2D eigenvalue weighted by Gasteiger charge is 2.17. The molecule has 27 heavy (non-hydrogen) atoms. The van der Waals surface area contributed by atoms with Crippen molar-refractivity contribution in [2.24, 2.45) is 5.92 Å². The molecule has 4 rings (SSSR count). The molecule has 0 aliphatic carbocycles. The van der Waals surface area contributed by atoms with Crippen LogP contribution >= 0.6 is 0 Å². The molecule has 0 spiro atoms. The van der Waals surface area contributed by atoms with E-state index in [1.165, 1.54) is 31.4 Å². The second kappa shape index (κ2) is 7.94. The van der Waals surface area contributed by atoms with Crippen LogP contribution in [0, 0.1) is 5.92 Å². The second-order valence-corrected chi connectivity index (χ2v) is 7.62. The molecule has 6 nitrogen and oxygen atoms in total. The first-order valence-electron chi connectivity index (χ1n) is 9.92. The van der Waals surface area contributed by atoms with Crippen LogP contribution in [0.2, 0.25) is 0 Å². The van der Waals surface area contributed by atoms with Gasteiger partial charge in [0.15, 0.2) is 0 Å². The monoisotopic (exact) mass is 365 g/mol. The number of carbonyl (C=O) groups excluding carboxylic acids is 1. The molecule has 142 valence electrons. The van der Waals surface area contributed by atoms with Gasteiger partial charge in [0.1, 0.15) is 11.5 Å². The number of piperidine rings is 1. The molecule has 2 saturated heterocycles. The fraction of sp³-hybridized carbons (Fsp3) is 0.476. The van der Waals surface area contributed by atoms with E-state index in [0.29, 0.717) is 5.69 Å². The first-order valence-corrected chi connectivity index (χ1v) is 9.92. The standard InChI is InChI=1S/C21H27N5O/c1-16-8-12-25(13-9-16)18-6-4-17(5-7-18)24-21(27)19-14-23-20(15-22-19)26-10-2-3-11-26/h4-7,14-16H,2-3,8-13H2,1H3,(H,24,27). The molecule has 1 aromatic carbocycles. The van der Waals surface area contributed by atoms with Crippen LogP contribution in [0.25, 0.3) is 0 Å². The van der Waals surface area contributed by atoms with Gasteiger partial charge in [0, 0.05) is 37.6 Å². The van der Waals surface area contributed by atoms with Crippen molar-refractivity contribution in [2.45, 2.75) is 32.6 Å². The summed E-state index contributed by atoms with van der Waals surface area (Å²) >= 11 is 0. The first kappa shape index (κ1) is 17.8. The van der Waals surface area contributed by atoms with Crippen molar-refractivity contribution in [3.63, 3.8) is 0 Å². The Morgan fingerprint density at radius 3 is 2.30 bits per heavy atom. The van der Waals surface area contributed by atoms with Crippen LogP contribution in [-0.4, -0.2) is 42.1 Å². The summed E-state index contributed by atoms with van der Waals surface area (Å²) < 4.78 is 0. The van der Waals surface area contributed by atoms with Gasteiger partial charge in [0.25, 0.3) is 5.91 Å². The predicted molar refractivity (Wildman–Crippen MR) is 108 cm³/mol. The normalized spacial score (nSPS) is 18.0. The number of carbonyl (C=O) groups is 1. The highest BCUT2D eigenvalue weighted by Crippen LogP contribution is 2.24. The minimum atomic E-state index is -0.227. The topological polar surface area (TPSA) is 61.4 Å². The molecule has 0 bridgehead atoms. The molecule has 2 fully saturated rings. The van der Waals surface area contributed by atoms with Crippen LogP contribution in [0.5, 0.6) is 0 Å². The molecule has 0 unspecified atom stereocenters. The highest BCUT2D eigenvalue weighted by atomic mass is 16.1. The van der Waals surface area contributed by atoms with Gasteiger partial charge in [-0.3, -0.25) is 4.79 Å². The van der Waals surface area contributed by atoms with Gasteiger partial charge in [-0.25, -0.2) is 9.97 Å². The average molecular weight is 365 g/mol. The molecule has 2 aromatic rings. The predicted octanol–water partition coefficient (Wildman–Crippen LogP) is 3.57. The zero-order chi connectivity index (χ0) is 18.6. The lowest BCUT2D eigenvalue weighted by Gasteiger charge is -2.32. The summed E-state index contributed by atoms with van der Waals surface area (Å²) in [6.07, 6.45) is 8.12. The van der Waals surface area contributed by atoms with Crippen LogP contribution in [0.1, 0.15) is 43.1 Å². The molecule has 1 aromatic heterocycles. The van der Waals surface area contributed by atoms with Crippen LogP contribution in [0.4, 0.5) is 17.2 Å². The van der Waals surface area contributed by atoms with E-state index in [0.717, 1.165) is 43.6 Å². The Labute approximate surface area is 160 Å². The summed E-state index contributed by atoms with van der Waals surface area (Å²) in [4.78, 5) is 25.7. The van der Waals surface area contributed by atoms with Gasteiger partial charge in [-0.1, -0.05) is 6.92 Å². The van der Waals surface area contributed by atoms with Crippen LogP contribution in [-0.2, 0) is 0 Å². The maximum absolute atomic E-state index is 12.4. The maximum Gasteiger partial charge on any atom is 0.275 e. The third-order valence-corrected chi connectivity index (χ3v) is 5.57. The number of hydrogen-bond donors (Lipinski definition) is 1. The van der Waals surface area contributed by atoms with E-state index in [9.17, 15) is 4.79 Å². The van der Waals surface area contributed by atoms with Gasteiger partial charge in [-0.2, -0.15) is 0 Å². The number of aromatic nitrogens is 2. The largest absolute Gasteiger partial charge is 0.372 e. The van der Waals surface area contributed by atoms with Crippen molar-refractivity contribution >= 4 is 23.1 Å². The number of benzene rings is 1. The van der Waals surface area contributed by atoms with Gasteiger partial charge >= 0.3 is 0 Å². The van der Waals surface area contributed by atoms with Gasteiger partial charge < -0.3 is 15.1 Å². The lowest BCUT2D eigenvalue weighted by Crippen LogP contribution is -2.32. The molecule has 1 N–H and O–H groups in total. The van der Waals surface area contributed by atoms with E-state index in [2.05, 4.69) is 44.1 Å². The molecule has 0 atom stereocenters. The Hall–Kier alpha value is -2.63. The Bertz CT molecular complexity index is 760. The zero-order valence-electron chi connectivity index (χ0n) is 15.9. The fourth-order valence-corrected chi connectivity index (χ4v) is 3.77. The van der Waals surface area contributed by atoms with Crippen molar-refractivity contribution in [1.29, 1.82) is 0 Å². The highest BCUT2D eigenvalue weighted by molar-refractivity contribution is 6.02. The van der Waals surface area contributed by atoms with Crippen LogP contribution in [0.3, 0.4) is 0 Å². The van der Waals surface area contributed by atoms with Gasteiger partial charge in [0.05, 0.1) is 12.4 Å². The lowest BCUT2D eigenvalue weighted by molar-refractivity contribution is 0.102. The average Bonchev–Trinajstić information content (AvgIpc) is 3.24. The molecule has 0 saturated carbocycles. The lowest BCUT2D eigenvalue weighted by atomic mass is 9.99. The molecule has 6 heteroatoms. The second-order valence-electron chi connectivity index (χ2n) is 7.62. The van der Waals surface area contributed by atoms with Crippen molar-refractivity contribution in [2.75, 3.05) is 41.3 Å². The fourth-order valence-electron chi connectivity index (χ4n) is 3.77. The van der Waals surface area contributed by atoms with Crippen molar-refractivity contribution in [3.8, 4) is 0 Å². The number of nitrogens with one attached hydrogen (secondary N) is 1. The summed E-state index contributed by atoms with van der Waals surface area (Å²) in [5.74, 6) is 1.44. The third kappa shape index (κ3) is 4.21. The molecular weight excluding hydrogens is 338 g/mol. The molecule has 2 aliphatic rings. The van der Waals surface area contributed by atoms with Crippen LogP contribution in [0.15, 0.2) is 36.7 Å². The Morgan fingerprint density at radius 2 is 1.67 bits per heavy atom. The minimum absolute atomic E-state index is 0.227. The van der Waals surface area contributed by atoms with E-state index in [-0.39, 0.29) is 5.91 Å². The van der Waals surface area contributed by atoms with Crippen molar-refractivity contribution in [3.05, 3.63) is 42.4 Å². The van der Waals surface area contributed by atoms with Gasteiger partial charge in [0.2, 0.25) is 0 Å². The van der Waals surface area contributed by atoms with E-state index < -0.39 is 0 Å². The SMILES string of the molecule is CC1CCN(c2ccc(NC(=O)c3cnc(N4CCCC4)cn3)cc2)CC1. The summed E-state index contributed by atoms with van der Waals surface area (Å²) in [6.45, 7) is 6.55.